The van der Waals surface area contributed by atoms with Crippen LogP contribution in [0, 0.1) is 11.6 Å². The Morgan fingerprint density at radius 3 is 2.53 bits per heavy atom. The Labute approximate surface area is 173 Å². The second-order valence-corrected chi connectivity index (χ2v) is 7.82. The fraction of sp³-hybridized carbons (Fsp3) is 0.250. The number of nitrogens with zero attached hydrogens (tertiary/aromatic N) is 2. The minimum Gasteiger partial charge on any atom is -0.367 e. The molecule has 1 aliphatic carbocycles. The van der Waals surface area contributed by atoms with Gasteiger partial charge in [-0.25, -0.2) is 18.7 Å². The maximum Gasteiger partial charge on any atom is 0.164 e. The first-order chi connectivity index (χ1) is 14.7. The molecule has 1 saturated carbocycles. The van der Waals surface area contributed by atoms with Gasteiger partial charge < -0.3 is 10.3 Å². The maximum atomic E-state index is 14.2. The lowest BCUT2D eigenvalue weighted by Gasteiger charge is -2.23. The lowest BCUT2D eigenvalue weighted by molar-refractivity contribution is 0.462. The summed E-state index contributed by atoms with van der Waals surface area (Å²) in [5.74, 6) is -0.0838. The summed E-state index contributed by atoms with van der Waals surface area (Å²) in [6, 6.07) is 14.4. The third-order valence-corrected chi connectivity index (χ3v) is 5.70. The van der Waals surface area contributed by atoms with E-state index in [0.29, 0.717) is 22.8 Å². The van der Waals surface area contributed by atoms with Crippen molar-refractivity contribution in [1.82, 2.24) is 15.0 Å². The first-order valence-electron chi connectivity index (χ1n) is 10.3. The molecule has 0 saturated heterocycles. The molecule has 4 aromatic rings. The number of halogens is 2. The molecule has 0 radical (unpaired) electrons. The van der Waals surface area contributed by atoms with Crippen LogP contribution in [0.1, 0.15) is 32.1 Å². The highest BCUT2D eigenvalue weighted by atomic mass is 19.1. The van der Waals surface area contributed by atoms with Crippen LogP contribution in [-0.2, 0) is 0 Å². The highest BCUT2D eigenvalue weighted by Crippen LogP contribution is 2.32. The van der Waals surface area contributed by atoms with Crippen molar-refractivity contribution in [1.29, 1.82) is 0 Å². The van der Waals surface area contributed by atoms with E-state index in [0.717, 1.165) is 36.0 Å². The van der Waals surface area contributed by atoms with Crippen molar-refractivity contribution < 1.29 is 8.78 Å². The van der Waals surface area contributed by atoms with E-state index in [1.165, 1.54) is 25.3 Å². The van der Waals surface area contributed by atoms with E-state index < -0.39 is 11.6 Å². The SMILES string of the molecule is Fc1cc(F)c2[nH]cc(-c3nc(NC4CCCCC4)cc(-c4ccccc4)n3)c2c1. The monoisotopic (exact) mass is 404 g/mol. The Morgan fingerprint density at radius 1 is 0.933 bits per heavy atom. The zero-order valence-corrected chi connectivity index (χ0v) is 16.5. The third kappa shape index (κ3) is 3.65. The smallest absolute Gasteiger partial charge is 0.164 e. The molecule has 0 atom stereocenters. The van der Waals surface area contributed by atoms with Gasteiger partial charge >= 0.3 is 0 Å². The quantitative estimate of drug-likeness (QED) is 0.419. The second kappa shape index (κ2) is 7.86. The summed E-state index contributed by atoms with van der Waals surface area (Å²) in [4.78, 5) is 12.4. The van der Waals surface area contributed by atoms with Crippen LogP contribution in [-0.4, -0.2) is 21.0 Å². The molecule has 6 heteroatoms. The molecule has 2 aromatic heterocycles. The van der Waals surface area contributed by atoms with Gasteiger partial charge in [0.15, 0.2) is 5.82 Å². The van der Waals surface area contributed by atoms with E-state index in [9.17, 15) is 8.78 Å². The van der Waals surface area contributed by atoms with E-state index in [1.807, 2.05) is 36.4 Å². The van der Waals surface area contributed by atoms with Crippen LogP contribution in [0.2, 0.25) is 0 Å². The molecule has 4 nitrogen and oxygen atoms in total. The molecule has 152 valence electrons. The van der Waals surface area contributed by atoms with Crippen molar-refractivity contribution in [2.45, 2.75) is 38.1 Å². The van der Waals surface area contributed by atoms with Crippen LogP contribution in [0.5, 0.6) is 0 Å². The fourth-order valence-corrected chi connectivity index (χ4v) is 4.19. The number of nitrogens with one attached hydrogen (secondary N) is 2. The Hall–Kier alpha value is -3.28. The average Bonchev–Trinajstić information content (AvgIpc) is 3.19. The van der Waals surface area contributed by atoms with E-state index in [4.69, 9.17) is 9.97 Å². The standard InChI is InChI=1S/C24H22F2N4/c25-16-11-18-19(14-27-23(18)20(26)12-16)24-29-21(15-7-3-1-4-8-15)13-22(30-24)28-17-9-5-2-6-10-17/h1,3-4,7-8,11-14,17,27H,2,5-6,9-10H2,(H,28,29,30). The van der Waals surface area contributed by atoms with Crippen LogP contribution in [0.4, 0.5) is 14.6 Å². The molecule has 2 aromatic carbocycles. The van der Waals surface area contributed by atoms with Crippen molar-refractivity contribution in [2.24, 2.45) is 0 Å². The number of H-pyrrole nitrogens is 1. The summed E-state index contributed by atoms with van der Waals surface area (Å²) in [6.45, 7) is 0. The van der Waals surface area contributed by atoms with E-state index in [-0.39, 0.29) is 5.52 Å². The normalized spacial score (nSPS) is 14.9. The zero-order chi connectivity index (χ0) is 20.5. The number of aromatic nitrogens is 3. The van der Waals surface area contributed by atoms with Crippen LogP contribution in [0.25, 0.3) is 33.5 Å². The lowest BCUT2D eigenvalue weighted by atomic mass is 9.95. The van der Waals surface area contributed by atoms with Gasteiger partial charge in [-0.3, -0.25) is 0 Å². The van der Waals surface area contributed by atoms with E-state index in [2.05, 4.69) is 10.3 Å². The van der Waals surface area contributed by atoms with Crippen molar-refractivity contribution in [2.75, 3.05) is 5.32 Å². The number of benzene rings is 2. The van der Waals surface area contributed by atoms with Gasteiger partial charge in [-0.05, 0) is 18.9 Å². The van der Waals surface area contributed by atoms with Gasteiger partial charge in [-0.2, -0.15) is 0 Å². The first-order valence-corrected chi connectivity index (χ1v) is 10.3. The molecular formula is C24H22F2N4. The first kappa shape index (κ1) is 18.7. The molecule has 1 fully saturated rings. The van der Waals surface area contributed by atoms with Crippen LogP contribution >= 0.6 is 0 Å². The van der Waals surface area contributed by atoms with Crippen LogP contribution in [0.15, 0.2) is 54.7 Å². The number of hydrogen-bond acceptors (Lipinski definition) is 3. The molecule has 2 heterocycles. The minimum absolute atomic E-state index is 0.252. The largest absolute Gasteiger partial charge is 0.367 e. The molecule has 30 heavy (non-hydrogen) atoms. The summed E-state index contributed by atoms with van der Waals surface area (Å²) in [7, 11) is 0. The van der Waals surface area contributed by atoms with Gasteiger partial charge in [0.05, 0.1) is 11.2 Å². The highest BCUT2D eigenvalue weighted by Gasteiger charge is 2.18. The third-order valence-electron chi connectivity index (χ3n) is 5.70. The Balaban J connectivity index is 1.63. The number of fused-ring (bicyclic) bond motifs is 1. The zero-order valence-electron chi connectivity index (χ0n) is 16.5. The molecule has 0 amide bonds. The molecule has 0 bridgehead atoms. The highest BCUT2D eigenvalue weighted by molar-refractivity contribution is 5.94. The van der Waals surface area contributed by atoms with Gasteiger partial charge in [-0.1, -0.05) is 49.6 Å². The Bertz CT molecular complexity index is 1180. The minimum atomic E-state index is -0.629. The summed E-state index contributed by atoms with van der Waals surface area (Å²) in [5, 5.41) is 3.99. The molecule has 1 aliphatic rings. The van der Waals surface area contributed by atoms with Gasteiger partial charge in [0.25, 0.3) is 0 Å². The molecular weight excluding hydrogens is 382 g/mol. The number of rotatable bonds is 4. The van der Waals surface area contributed by atoms with Crippen molar-refractivity contribution >= 4 is 16.7 Å². The maximum absolute atomic E-state index is 14.2. The number of aromatic amines is 1. The van der Waals surface area contributed by atoms with Gasteiger partial charge in [0.2, 0.25) is 0 Å². The fourth-order valence-electron chi connectivity index (χ4n) is 4.19. The Kier molecular flexibility index (Phi) is 4.91. The summed E-state index contributed by atoms with van der Waals surface area (Å²) in [6.07, 6.45) is 7.56. The molecule has 0 aliphatic heterocycles. The average molecular weight is 404 g/mol. The van der Waals surface area contributed by atoms with Crippen LogP contribution < -0.4 is 5.32 Å². The number of hydrogen-bond donors (Lipinski definition) is 2. The predicted molar refractivity (Wildman–Crippen MR) is 115 cm³/mol. The second-order valence-electron chi connectivity index (χ2n) is 7.82. The molecule has 0 unspecified atom stereocenters. The summed E-state index contributed by atoms with van der Waals surface area (Å²) >= 11 is 0. The molecule has 5 rings (SSSR count). The van der Waals surface area contributed by atoms with Crippen LogP contribution in [0.3, 0.4) is 0 Å². The van der Waals surface area contributed by atoms with Gasteiger partial charge in [0.1, 0.15) is 17.5 Å². The number of anilines is 1. The van der Waals surface area contributed by atoms with Gasteiger partial charge in [-0.15, -0.1) is 0 Å². The molecule has 2 N–H and O–H groups in total. The van der Waals surface area contributed by atoms with E-state index in [1.54, 1.807) is 6.20 Å². The van der Waals surface area contributed by atoms with Crippen molar-refractivity contribution in [3.8, 4) is 22.6 Å². The predicted octanol–water partition coefficient (Wildman–Crippen LogP) is 6.31. The van der Waals surface area contributed by atoms with Gasteiger partial charge in [0, 0.05) is 40.9 Å². The molecule has 0 spiro atoms. The summed E-state index contributed by atoms with van der Waals surface area (Å²) < 4.78 is 28.1. The topological polar surface area (TPSA) is 53.6 Å². The van der Waals surface area contributed by atoms with E-state index >= 15 is 0 Å². The van der Waals surface area contributed by atoms with Crippen molar-refractivity contribution in [3.63, 3.8) is 0 Å². The summed E-state index contributed by atoms with van der Waals surface area (Å²) in [5.41, 5.74) is 2.56. The lowest BCUT2D eigenvalue weighted by Crippen LogP contribution is -2.23. The Morgan fingerprint density at radius 2 is 1.73 bits per heavy atom. The van der Waals surface area contributed by atoms with Crippen molar-refractivity contribution in [3.05, 3.63) is 66.4 Å².